The molecule has 3 N–H and O–H groups in total. The first-order valence-electron chi connectivity index (χ1n) is 8.35. The summed E-state index contributed by atoms with van der Waals surface area (Å²) in [4.78, 5) is 23.8. The van der Waals surface area contributed by atoms with Crippen molar-refractivity contribution in [1.29, 1.82) is 0 Å². The van der Waals surface area contributed by atoms with Gasteiger partial charge in [-0.25, -0.2) is 23.0 Å². The highest BCUT2D eigenvalue weighted by molar-refractivity contribution is 7.89. The number of aromatic nitrogens is 3. The Morgan fingerprint density at radius 1 is 1.10 bits per heavy atom. The van der Waals surface area contributed by atoms with E-state index >= 15 is 0 Å². The minimum absolute atomic E-state index is 0.0371. The van der Waals surface area contributed by atoms with Crippen molar-refractivity contribution in [3.8, 4) is 0 Å². The predicted molar refractivity (Wildman–Crippen MR) is 102 cm³/mol. The van der Waals surface area contributed by atoms with Gasteiger partial charge in [-0.15, -0.1) is 5.10 Å². The van der Waals surface area contributed by atoms with Crippen molar-refractivity contribution in [1.82, 2.24) is 15.0 Å². The molecule has 0 unspecified atom stereocenters. The first kappa shape index (κ1) is 20.2. The van der Waals surface area contributed by atoms with Gasteiger partial charge in [-0.2, -0.15) is 0 Å². The zero-order chi connectivity index (χ0) is 20.9. The van der Waals surface area contributed by atoms with Crippen molar-refractivity contribution in [3.63, 3.8) is 0 Å². The van der Waals surface area contributed by atoms with Crippen LogP contribution in [0.1, 0.15) is 16.1 Å². The first-order valence-corrected chi connectivity index (χ1v) is 9.90. The number of sulfonamides is 1. The highest BCUT2D eigenvalue weighted by atomic mass is 32.2. The molecule has 1 amide bonds. The molecule has 150 valence electrons. The highest BCUT2D eigenvalue weighted by Crippen LogP contribution is 2.14. The number of carbonyl (C=O) groups is 2. The van der Waals surface area contributed by atoms with E-state index in [0.717, 1.165) is 5.56 Å². The summed E-state index contributed by atoms with van der Waals surface area (Å²) in [6.07, 6.45) is 1.42. The molecule has 0 atom stereocenters. The molecule has 11 heteroatoms. The second-order valence-electron chi connectivity index (χ2n) is 5.98. The number of nitrogens with two attached hydrogens (primary N) is 1. The molecule has 0 spiro atoms. The molecule has 0 saturated carbocycles. The molecule has 0 aliphatic carbocycles. The van der Waals surface area contributed by atoms with Gasteiger partial charge in [-0.3, -0.25) is 4.79 Å². The van der Waals surface area contributed by atoms with Crippen LogP contribution >= 0.6 is 0 Å². The van der Waals surface area contributed by atoms with Gasteiger partial charge in [-0.1, -0.05) is 41.6 Å². The number of amides is 1. The quantitative estimate of drug-likeness (QED) is 0.542. The zero-order valence-corrected chi connectivity index (χ0v) is 15.9. The van der Waals surface area contributed by atoms with Crippen molar-refractivity contribution in [2.75, 3.05) is 11.9 Å². The van der Waals surface area contributed by atoms with E-state index in [1.165, 1.54) is 35.1 Å². The molecule has 0 saturated heterocycles. The van der Waals surface area contributed by atoms with Gasteiger partial charge in [0.25, 0.3) is 5.91 Å². The monoisotopic (exact) mass is 415 g/mol. The van der Waals surface area contributed by atoms with Gasteiger partial charge in [0.05, 0.1) is 17.6 Å². The number of hydrogen-bond donors (Lipinski definition) is 2. The van der Waals surface area contributed by atoms with Gasteiger partial charge in [0.15, 0.2) is 12.3 Å². The summed E-state index contributed by atoms with van der Waals surface area (Å²) in [6.45, 7) is -0.147. The van der Waals surface area contributed by atoms with Crippen LogP contribution in [0.25, 0.3) is 0 Å². The zero-order valence-electron chi connectivity index (χ0n) is 15.1. The van der Waals surface area contributed by atoms with Crippen LogP contribution in [0, 0.1) is 0 Å². The van der Waals surface area contributed by atoms with E-state index in [2.05, 4.69) is 15.6 Å². The number of ether oxygens (including phenoxy) is 1. The Morgan fingerprint density at radius 2 is 1.86 bits per heavy atom. The molecule has 0 fully saturated rings. The van der Waals surface area contributed by atoms with Crippen LogP contribution < -0.4 is 10.5 Å². The third-order valence-electron chi connectivity index (χ3n) is 3.72. The fourth-order valence-electron chi connectivity index (χ4n) is 2.39. The van der Waals surface area contributed by atoms with Gasteiger partial charge in [-0.05, 0) is 23.8 Å². The average Bonchev–Trinajstić information content (AvgIpc) is 3.15. The molecular formula is C18H17N5O5S. The van der Waals surface area contributed by atoms with Crippen molar-refractivity contribution >= 4 is 27.6 Å². The maximum Gasteiger partial charge on any atom is 0.361 e. The van der Waals surface area contributed by atoms with E-state index in [0.29, 0.717) is 6.54 Å². The van der Waals surface area contributed by atoms with E-state index in [4.69, 9.17) is 9.88 Å². The van der Waals surface area contributed by atoms with Crippen molar-refractivity contribution in [2.24, 2.45) is 5.14 Å². The Balaban J connectivity index is 1.54. The number of anilines is 1. The third kappa shape index (κ3) is 5.70. The molecule has 2 aromatic carbocycles. The van der Waals surface area contributed by atoms with Crippen LogP contribution in [0.15, 0.2) is 65.7 Å². The molecule has 1 heterocycles. The van der Waals surface area contributed by atoms with Crippen molar-refractivity contribution in [2.45, 2.75) is 11.4 Å². The van der Waals surface area contributed by atoms with Crippen LogP contribution in [0.3, 0.4) is 0 Å². The summed E-state index contributed by atoms with van der Waals surface area (Å²) in [7, 11) is -3.90. The van der Waals surface area contributed by atoms with Gasteiger partial charge in [0.2, 0.25) is 10.0 Å². The summed E-state index contributed by atoms with van der Waals surface area (Å²) in [6, 6.07) is 14.9. The Kier molecular flexibility index (Phi) is 6.00. The highest BCUT2D eigenvalue weighted by Gasteiger charge is 2.15. The molecule has 1 aromatic heterocycles. The summed E-state index contributed by atoms with van der Waals surface area (Å²) in [5.74, 6) is -1.46. The molecule has 3 rings (SSSR count). The predicted octanol–water partition coefficient (Wildman–Crippen LogP) is 0.769. The number of carbonyl (C=O) groups excluding carboxylic acids is 2. The van der Waals surface area contributed by atoms with Crippen LogP contribution in [-0.4, -0.2) is 41.9 Å². The lowest BCUT2D eigenvalue weighted by molar-refractivity contribution is -0.119. The second-order valence-corrected chi connectivity index (χ2v) is 7.55. The summed E-state index contributed by atoms with van der Waals surface area (Å²) in [5, 5.41) is 15.1. The summed E-state index contributed by atoms with van der Waals surface area (Å²) < 4.78 is 29.1. The van der Waals surface area contributed by atoms with E-state index in [9.17, 15) is 18.0 Å². The van der Waals surface area contributed by atoms with Crippen LogP contribution in [0.2, 0.25) is 0 Å². The summed E-state index contributed by atoms with van der Waals surface area (Å²) >= 11 is 0. The SMILES string of the molecule is NS(=O)(=O)c1cccc(NC(=O)COC(=O)c2cn(Cc3ccccc3)nn2)c1. The fraction of sp³-hybridized carbons (Fsp3) is 0.111. The lowest BCUT2D eigenvalue weighted by atomic mass is 10.2. The Bertz CT molecular complexity index is 1130. The summed E-state index contributed by atoms with van der Waals surface area (Å²) in [5.41, 5.74) is 1.15. The van der Waals surface area contributed by atoms with Crippen molar-refractivity contribution < 1.29 is 22.7 Å². The van der Waals surface area contributed by atoms with Gasteiger partial charge < -0.3 is 10.1 Å². The lowest BCUT2D eigenvalue weighted by Crippen LogP contribution is -2.21. The maximum atomic E-state index is 12.0. The number of benzene rings is 2. The second kappa shape index (κ2) is 8.63. The first-order chi connectivity index (χ1) is 13.8. The smallest absolute Gasteiger partial charge is 0.361 e. The fourth-order valence-corrected chi connectivity index (χ4v) is 2.95. The Morgan fingerprint density at radius 3 is 2.59 bits per heavy atom. The average molecular weight is 415 g/mol. The number of nitrogens with zero attached hydrogens (tertiary/aromatic N) is 3. The normalized spacial score (nSPS) is 11.1. The molecule has 0 bridgehead atoms. The number of primary sulfonamides is 1. The minimum atomic E-state index is -3.90. The van der Waals surface area contributed by atoms with Crippen LogP contribution in [0.4, 0.5) is 5.69 Å². The molecule has 3 aromatic rings. The minimum Gasteiger partial charge on any atom is -0.451 e. The molecule has 0 aliphatic heterocycles. The van der Waals surface area contributed by atoms with Gasteiger partial charge >= 0.3 is 5.97 Å². The van der Waals surface area contributed by atoms with Crippen LogP contribution in [0.5, 0.6) is 0 Å². The molecule has 0 radical (unpaired) electrons. The standard InChI is InChI=1S/C18H17N5O5S/c19-29(26,27)15-8-4-7-14(9-15)20-17(24)12-28-18(25)16-11-23(22-21-16)10-13-5-2-1-3-6-13/h1-9,11H,10,12H2,(H,20,24)(H2,19,26,27). The number of rotatable bonds is 7. The topological polar surface area (TPSA) is 146 Å². The molecule has 29 heavy (non-hydrogen) atoms. The van der Waals surface area contributed by atoms with Crippen LogP contribution in [-0.2, 0) is 26.1 Å². The van der Waals surface area contributed by atoms with Gasteiger partial charge in [0.1, 0.15) is 0 Å². The maximum absolute atomic E-state index is 12.0. The number of nitrogens with one attached hydrogen (secondary N) is 1. The largest absolute Gasteiger partial charge is 0.451 e. The lowest BCUT2D eigenvalue weighted by Gasteiger charge is -2.07. The molecule has 0 aliphatic rings. The molecule has 10 nitrogen and oxygen atoms in total. The van der Waals surface area contributed by atoms with E-state index < -0.39 is 28.5 Å². The van der Waals surface area contributed by atoms with E-state index in [1.54, 1.807) is 0 Å². The Labute approximate surface area is 166 Å². The van der Waals surface area contributed by atoms with Gasteiger partial charge in [0, 0.05) is 5.69 Å². The van der Waals surface area contributed by atoms with E-state index in [-0.39, 0.29) is 16.3 Å². The number of esters is 1. The van der Waals surface area contributed by atoms with Crippen molar-refractivity contribution in [3.05, 3.63) is 72.1 Å². The number of hydrogen-bond acceptors (Lipinski definition) is 7. The Hall–Kier alpha value is -3.57. The third-order valence-corrected chi connectivity index (χ3v) is 4.63. The molecular weight excluding hydrogens is 398 g/mol. The van der Waals surface area contributed by atoms with E-state index in [1.807, 2.05) is 30.3 Å².